The SMILES string of the molecule is NCc1ccn(-c2cc([N+](=O)[O-])c3[nH]c(=O)c(=O)[nH]c3c2)c1. The fraction of sp³-hybridized carbons (Fsp3) is 0.0769. The van der Waals surface area contributed by atoms with Crippen LogP contribution in [0, 0.1) is 10.1 Å². The minimum atomic E-state index is -0.935. The van der Waals surface area contributed by atoms with Gasteiger partial charge in [-0.15, -0.1) is 0 Å². The second-order valence-corrected chi connectivity index (χ2v) is 4.68. The number of nitrogens with one attached hydrogen (secondary N) is 2. The summed E-state index contributed by atoms with van der Waals surface area (Å²) in [6, 6.07) is 4.64. The molecule has 112 valence electrons. The number of nitro benzene ring substituents is 1. The summed E-state index contributed by atoms with van der Waals surface area (Å²) in [5.74, 6) is 0. The topological polar surface area (TPSA) is 140 Å². The van der Waals surface area contributed by atoms with Crippen molar-refractivity contribution in [2.24, 2.45) is 5.73 Å². The van der Waals surface area contributed by atoms with Crippen LogP contribution in [0.25, 0.3) is 16.7 Å². The van der Waals surface area contributed by atoms with Gasteiger partial charge in [-0.3, -0.25) is 19.7 Å². The van der Waals surface area contributed by atoms with E-state index in [1.165, 1.54) is 6.07 Å². The molecule has 0 bridgehead atoms. The van der Waals surface area contributed by atoms with E-state index in [9.17, 15) is 19.7 Å². The number of nitrogens with two attached hydrogens (primary N) is 1. The monoisotopic (exact) mass is 301 g/mol. The maximum atomic E-state index is 11.4. The zero-order valence-corrected chi connectivity index (χ0v) is 11.2. The smallest absolute Gasteiger partial charge is 0.314 e. The molecule has 2 heterocycles. The van der Waals surface area contributed by atoms with Gasteiger partial charge in [-0.05, 0) is 17.7 Å². The van der Waals surface area contributed by atoms with Crippen molar-refractivity contribution in [3.05, 3.63) is 67.0 Å². The van der Waals surface area contributed by atoms with E-state index in [4.69, 9.17) is 5.73 Å². The first-order chi connectivity index (χ1) is 10.5. The van der Waals surface area contributed by atoms with Gasteiger partial charge in [-0.1, -0.05) is 0 Å². The van der Waals surface area contributed by atoms with Crippen molar-refractivity contribution in [2.45, 2.75) is 6.54 Å². The quantitative estimate of drug-likeness (QED) is 0.364. The highest BCUT2D eigenvalue weighted by atomic mass is 16.6. The Morgan fingerprint density at radius 1 is 1.23 bits per heavy atom. The number of benzene rings is 1. The van der Waals surface area contributed by atoms with Crippen LogP contribution in [0.3, 0.4) is 0 Å². The Labute approximate surface area is 122 Å². The summed E-state index contributed by atoms with van der Waals surface area (Å²) in [7, 11) is 0. The number of hydrogen-bond donors (Lipinski definition) is 3. The van der Waals surface area contributed by atoms with Crippen molar-refractivity contribution in [2.75, 3.05) is 0 Å². The third kappa shape index (κ3) is 2.19. The highest BCUT2D eigenvalue weighted by Crippen LogP contribution is 2.25. The molecular formula is C13H11N5O4. The van der Waals surface area contributed by atoms with Crippen LogP contribution < -0.4 is 16.9 Å². The van der Waals surface area contributed by atoms with Crippen LogP contribution in [0.1, 0.15) is 5.56 Å². The van der Waals surface area contributed by atoms with Crippen molar-refractivity contribution in [1.29, 1.82) is 0 Å². The van der Waals surface area contributed by atoms with Crippen molar-refractivity contribution < 1.29 is 4.92 Å². The van der Waals surface area contributed by atoms with Gasteiger partial charge in [0.25, 0.3) is 5.69 Å². The van der Waals surface area contributed by atoms with Crippen molar-refractivity contribution in [1.82, 2.24) is 14.5 Å². The molecule has 3 rings (SSSR count). The molecule has 3 aromatic rings. The lowest BCUT2D eigenvalue weighted by Crippen LogP contribution is -2.29. The maximum absolute atomic E-state index is 11.4. The Bertz CT molecular complexity index is 998. The molecule has 0 atom stereocenters. The van der Waals surface area contributed by atoms with E-state index in [1.54, 1.807) is 29.1 Å². The predicted octanol–water partition coefficient (Wildman–Crippen LogP) is 0.374. The van der Waals surface area contributed by atoms with Crippen molar-refractivity contribution in [3.8, 4) is 5.69 Å². The standard InChI is InChI=1S/C13H11N5O4/c14-5-7-1-2-17(6-7)8-3-9-11(10(4-8)18(21)22)16-13(20)12(19)15-9/h1-4,6H,5,14H2,(H,15,19)(H,16,20). The van der Waals surface area contributed by atoms with Crippen molar-refractivity contribution >= 4 is 16.7 Å². The number of hydrogen-bond acceptors (Lipinski definition) is 5. The molecular weight excluding hydrogens is 290 g/mol. The largest absolute Gasteiger partial charge is 0.326 e. The van der Waals surface area contributed by atoms with E-state index in [2.05, 4.69) is 9.97 Å². The van der Waals surface area contributed by atoms with E-state index >= 15 is 0 Å². The Morgan fingerprint density at radius 2 is 1.95 bits per heavy atom. The molecule has 4 N–H and O–H groups in total. The van der Waals surface area contributed by atoms with Gasteiger partial charge < -0.3 is 20.3 Å². The molecule has 0 fully saturated rings. The van der Waals surface area contributed by atoms with Gasteiger partial charge >= 0.3 is 11.1 Å². The number of nitro groups is 1. The Kier molecular flexibility index (Phi) is 3.11. The summed E-state index contributed by atoms with van der Waals surface area (Å²) in [5.41, 5.74) is 4.92. The molecule has 0 aliphatic heterocycles. The molecule has 0 saturated heterocycles. The lowest BCUT2D eigenvalue weighted by atomic mass is 10.2. The number of H-pyrrole nitrogens is 2. The van der Waals surface area contributed by atoms with E-state index in [0.717, 1.165) is 5.56 Å². The molecule has 0 radical (unpaired) electrons. The average molecular weight is 301 g/mol. The Morgan fingerprint density at radius 3 is 2.59 bits per heavy atom. The average Bonchev–Trinajstić information content (AvgIpc) is 2.96. The predicted molar refractivity (Wildman–Crippen MR) is 79.1 cm³/mol. The lowest BCUT2D eigenvalue weighted by Gasteiger charge is -2.06. The third-order valence-electron chi connectivity index (χ3n) is 3.28. The number of fused-ring (bicyclic) bond motifs is 1. The van der Waals surface area contributed by atoms with E-state index in [-0.39, 0.29) is 16.7 Å². The molecule has 1 aromatic carbocycles. The van der Waals surface area contributed by atoms with Crippen molar-refractivity contribution in [3.63, 3.8) is 0 Å². The van der Waals surface area contributed by atoms with Gasteiger partial charge in [0.1, 0.15) is 5.52 Å². The zero-order valence-electron chi connectivity index (χ0n) is 11.2. The normalized spacial score (nSPS) is 11.0. The van der Waals surface area contributed by atoms with Crippen LogP contribution >= 0.6 is 0 Å². The molecule has 0 amide bonds. The number of rotatable bonds is 3. The van der Waals surface area contributed by atoms with Gasteiger partial charge in [-0.25, -0.2) is 0 Å². The summed E-state index contributed by atoms with van der Waals surface area (Å²) < 4.78 is 1.65. The number of non-ortho nitro benzene ring substituents is 1. The van der Waals surface area contributed by atoms with Crippen LogP contribution in [-0.4, -0.2) is 19.5 Å². The lowest BCUT2D eigenvalue weighted by molar-refractivity contribution is -0.383. The Hall–Kier alpha value is -3.20. The molecule has 9 heteroatoms. The van der Waals surface area contributed by atoms with Gasteiger partial charge in [0.15, 0.2) is 0 Å². The fourth-order valence-electron chi connectivity index (χ4n) is 2.21. The highest BCUT2D eigenvalue weighted by molar-refractivity contribution is 5.86. The minimum Gasteiger partial charge on any atom is -0.326 e. The number of nitrogens with zero attached hydrogens (tertiary/aromatic N) is 2. The van der Waals surface area contributed by atoms with E-state index in [1.807, 2.05) is 0 Å². The van der Waals surface area contributed by atoms with Gasteiger partial charge in [-0.2, -0.15) is 0 Å². The fourth-order valence-corrected chi connectivity index (χ4v) is 2.21. The van der Waals surface area contributed by atoms with Gasteiger partial charge in [0.05, 0.1) is 16.1 Å². The van der Waals surface area contributed by atoms with Crippen LogP contribution in [0.15, 0.2) is 40.2 Å². The molecule has 0 aliphatic carbocycles. The van der Waals surface area contributed by atoms with Crippen LogP contribution in [-0.2, 0) is 6.54 Å². The molecule has 2 aromatic heterocycles. The molecule has 0 unspecified atom stereocenters. The van der Waals surface area contributed by atoms with E-state index in [0.29, 0.717) is 12.2 Å². The second kappa shape index (κ2) is 4.97. The second-order valence-electron chi connectivity index (χ2n) is 4.68. The zero-order chi connectivity index (χ0) is 15.9. The van der Waals surface area contributed by atoms with Crippen LogP contribution in [0.4, 0.5) is 5.69 Å². The maximum Gasteiger partial charge on any atom is 0.314 e. The summed E-state index contributed by atoms with van der Waals surface area (Å²) in [5, 5.41) is 11.2. The summed E-state index contributed by atoms with van der Waals surface area (Å²) >= 11 is 0. The number of aromatic nitrogens is 3. The Balaban J connectivity index is 2.33. The number of aromatic amines is 2. The van der Waals surface area contributed by atoms with Gasteiger partial charge in [0.2, 0.25) is 0 Å². The first-order valence-corrected chi connectivity index (χ1v) is 6.31. The first kappa shape index (κ1) is 13.8. The molecule has 0 aliphatic rings. The summed E-state index contributed by atoms with van der Waals surface area (Å²) in [6.07, 6.45) is 3.44. The molecule has 0 saturated carbocycles. The van der Waals surface area contributed by atoms with Gasteiger partial charge in [0, 0.05) is 25.0 Å². The highest BCUT2D eigenvalue weighted by Gasteiger charge is 2.17. The third-order valence-corrected chi connectivity index (χ3v) is 3.28. The molecule has 9 nitrogen and oxygen atoms in total. The summed E-state index contributed by atoms with van der Waals surface area (Å²) in [6.45, 7) is 0.340. The minimum absolute atomic E-state index is 0.0236. The van der Waals surface area contributed by atoms with Crippen LogP contribution in [0.2, 0.25) is 0 Å². The first-order valence-electron chi connectivity index (χ1n) is 6.31. The molecule has 22 heavy (non-hydrogen) atoms. The summed E-state index contributed by atoms with van der Waals surface area (Å²) in [4.78, 5) is 38.0. The van der Waals surface area contributed by atoms with Crippen LogP contribution in [0.5, 0.6) is 0 Å². The molecule has 0 spiro atoms. The van der Waals surface area contributed by atoms with E-state index < -0.39 is 16.0 Å².